The topological polar surface area (TPSA) is 99.4 Å². The van der Waals surface area contributed by atoms with Crippen molar-refractivity contribution in [1.82, 2.24) is 4.57 Å². The van der Waals surface area contributed by atoms with Crippen LogP contribution >= 0.6 is 0 Å². The van der Waals surface area contributed by atoms with Gasteiger partial charge >= 0.3 is 12.0 Å². The molecule has 2 aliphatic rings. The summed E-state index contributed by atoms with van der Waals surface area (Å²) >= 11 is 0. The van der Waals surface area contributed by atoms with Crippen LogP contribution in [0.1, 0.15) is 11.1 Å². The van der Waals surface area contributed by atoms with Crippen molar-refractivity contribution in [3.63, 3.8) is 0 Å². The molecule has 0 amide bonds. The highest BCUT2D eigenvalue weighted by Crippen LogP contribution is 2.38. The van der Waals surface area contributed by atoms with Gasteiger partial charge in [-0.15, -0.1) is 0 Å². The van der Waals surface area contributed by atoms with E-state index in [1.54, 1.807) is 17.6 Å². The molecule has 1 atom stereocenters. The minimum Gasteiger partial charge on any atom is -0.500 e. The molecule has 0 aliphatic carbocycles. The molecule has 31 heavy (non-hydrogen) atoms. The molecule has 166 valence electrons. The van der Waals surface area contributed by atoms with Crippen molar-refractivity contribution < 1.29 is 37.9 Å². The number of halogens is 2. The number of fused-ring (bicyclic) bond motifs is 3. The first kappa shape index (κ1) is 21.1. The van der Waals surface area contributed by atoms with Crippen molar-refractivity contribution in [1.29, 1.82) is 0 Å². The van der Waals surface area contributed by atoms with Gasteiger partial charge in [-0.3, -0.25) is 4.79 Å². The van der Waals surface area contributed by atoms with E-state index < -0.39 is 23.2 Å². The average molecular weight is 437 g/mol. The predicted octanol–water partition coefficient (Wildman–Crippen LogP) is 2.88. The molecular weight excluding hydrogens is 416 g/mol. The molecule has 0 saturated carbocycles. The minimum atomic E-state index is -2.32. The number of aliphatic hydroxyl groups is 1. The summed E-state index contributed by atoms with van der Waals surface area (Å²) in [6.07, 6.45) is -2.17. The summed E-state index contributed by atoms with van der Waals surface area (Å²) in [7, 11) is 0. The van der Waals surface area contributed by atoms with Gasteiger partial charge < -0.3 is 33.7 Å². The molecule has 2 aromatic rings. The fourth-order valence-corrected chi connectivity index (χ4v) is 3.78. The highest BCUT2D eigenvalue weighted by atomic mass is 19.3. The third-order valence-corrected chi connectivity index (χ3v) is 5.23. The van der Waals surface area contributed by atoms with Crippen LogP contribution in [0.2, 0.25) is 0 Å². The lowest BCUT2D eigenvalue weighted by atomic mass is 9.94. The van der Waals surface area contributed by atoms with E-state index in [-0.39, 0.29) is 24.3 Å². The quantitative estimate of drug-likeness (QED) is 0.694. The van der Waals surface area contributed by atoms with Gasteiger partial charge in [0, 0.05) is 17.7 Å². The zero-order valence-corrected chi connectivity index (χ0v) is 16.7. The minimum absolute atomic E-state index is 0.0437. The summed E-state index contributed by atoms with van der Waals surface area (Å²) < 4.78 is 48.1. The maximum atomic E-state index is 12.7. The normalized spacial score (nSPS) is 17.5. The van der Waals surface area contributed by atoms with Gasteiger partial charge in [0.05, 0.1) is 25.5 Å². The predicted molar refractivity (Wildman–Crippen MR) is 105 cm³/mol. The number of nitrogens with zero attached hydrogens (tertiary/aromatic N) is 1. The van der Waals surface area contributed by atoms with Gasteiger partial charge in [-0.1, -0.05) is 0 Å². The molecule has 1 aromatic carbocycles. The Morgan fingerprint density at radius 3 is 2.84 bits per heavy atom. The molecule has 4 rings (SSSR count). The number of rotatable bonds is 5. The van der Waals surface area contributed by atoms with Crippen LogP contribution in [0, 0.1) is 6.92 Å². The van der Waals surface area contributed by atoms with E-state index in [2.05, 4.69) is 0 Å². The fraction of sp³-hybridized carbons (Fsp3) is 0.381. The molecule has 0 unspecified atom stereocenters. The summed E-state index contributed by atoms with van der Waals surface area (Å²) in [5.74, 6) is -1.85. The Bertz CT molecular complexity index is 1090. The monoisotopic (exact) mass is 437 g/mol. The summed E-state index contributed by atoms with van der Waals surface area (Å²) in [5.41, 5.74) is 1.75. The Hall–Kier alpha value is -3.11. The van der Waals surface area contributed by atoms with E-state index in [4.69, 9.17) is 24.1 Å². The zero-order chi connectivity index (χ0) is 22.1. The van der Waals surface area contributed by atoms with Crippen molar-refractivity contribution >= 4 is 0 Å². The van der Waals surface area contributed by atoms with E-state index in [1.807, 2.05) is 0 Å². The molecule has 0 spiro atoms. The Labute approximate surface area is 175 Å². The van der Waals surface area contributed by atoms with Crippen molar-refractivity contribution in [3.05, 3.63) is 51.6 Å². The van der Waals surface area contributed by atoms with Crippen molar-refractivity contribution in [2.45, 2.75) is 26.0 Å². The number of hydrogen-bond acceptors (Lipinski definition) is 7. The lowest BCUT2D eigenvalue weighted by molar-refractivity contribution is -0.102. The van der Waals surface area contributed by atoms with Gasteiger partial charge in [-0.05, 0) is 37.1 Å². The second kappa shape index (κ2) is 8.56. The molecule has 0 radical (unpaired) electrons. The summed E-state index contributed by atoms with van der Waals surface area (Å²) in [5, 5.41) is 19.6. The van der Waals surface area contributed by atoms with Gasteiger partial charge in [0.15, 0.2) is 0 Å². The smallest absolute Gasteiger partial charge is 0.350 e. The molecular formula is C21H21F2NO7. The second-order valence-electron chi connectivity index (χ2n) is 7.22. The summed E-state index contributed by atoms with van der Waals surface area (Å²) in [6, 6.07) is 4.56. The van der Waals surface area contributed by atoms with E-state index in [0.29, 0.717) is 49.6 Å². The van der Waals surface area contributed by atoms with Crippen LogP contribution in [0.3, 0.4) is 0 Å². The summed E-state index contributed by atoms with van der Waals surface area (Å²) in [6.45, 7) is 3.39. The van der Waals surface area contributed by atoms with Gasteiger partial charge in [-0.25, -0.2) is 0 Å². The number of aryl methyl sites for hydroxylation is 1. The van der Waals surface area contributed by atoms with Crippen LogP contribution in [-0.4, -0.2) is 47.3 Å². The Kier molecular flexibility index (Phi) is 5.84. The van der Waals surface area contributed by atoms with Crippen LogP contribution in [0.25, 0.3) is 11.3 Å². The Morgan fingerprint density at radius 2 is 2.13 bits per heavy atom. The number of aliphatic hydroxyl groups excluding tert-OH is 1. The zero-order valence-electron chi connectivity index (χ0n) is 16.7. The number of ether oxygens (including phenoxy) is 4. The molecule has 0 bridgehead atoms. The molecule has 2 aliphatic heterocycles. The third kappa shape index (κ3) is 4.08. The molecule has 8 nitrogen and oxygen atoms in total. The maximum Gasteiger partial charge on any atom is 0.350 e. The van der Waals surface area contributed by atoms with E-state index in [1.165, 1.54) is 12.1 Å². The van der Waals surface area contributed by atoms with Gasteiger partial charge in [0.2, 0.25) is 17.1 Å². The number of aromatic hydroxyl groups is 1. The van der Waals surface area contributed by atoms with Crippen LogP contribution in [-0.2, 0) is 22.4 Å². The molecule has 3 heterocycles. The number of hydrogen-bond donors (Lipinski definition) is 2. The molecule has 1 fully saturated rings. The largest absolute Gasteiger partial charge is 0.500 e. The molecule has 2 N–H and O–H groups in total. The van der Waals surface area contributed by atoms with Crippen molar-refractivity contribution in [2.24, 2.45) is 0 Å². The lowest BCUT2D eigenvalue weighted by Gasteiger charge is -2.29. The molecule has 1 saturated heterocycles. The standard InChI is InChI=1S/C21H21F2NO7/c1-11-16-15-3-2-13(31-21(27)19(22)23)8-12(15)4-5-24(16)20(18(26)17(11)25)30-10-14-9-28-6-7-29-14/h2-3,8,14,26-27H,4-7,9-10H2,1H3/t14-/m0/s1. The van der Waals surface area contributed by atoms with Gasteiger partial charge in [0.25, 0.3) is 0 Å². The average Bonchev–Trinajstić information content (AvgIpc) is 2.77. The van der Waals surface area contributed by atoms with Gasteiger partial charge in [0.1, 0.15) is 18.5 Å². The number of benzene rings is 1. The molecule has 10 heteroatoms. The lowest BCUT2D eigenvalue weighted by Crippen LogP contribution is -2.34. The van der Waals surface area contributed by atoms with Crippen LogP contribution in [0.4, 0.5) is 8.78 Å². The highest BCUT2D eigenvalue weighted by molar-refractivity contribution is 5.72. The Morgan fingerprint density at radius 1 is 1.32 bits per heavy atom. The maximum absolute atomic E-state index is 12.7. The molecule has 1 aromatic heterocycles. The van der Waals surface area contributed by atoms with E-state index in [0.717, 1.165) is 5.56 Å². The Balaban J connectivity index is 1.70. The van der Waals surface area contributed by atoms with Crippen LogP contribution in [0.5, 0.6) is 17.4 Å². The first-order chi connectivity index (χ1) is 14.9. The van der Waals surface area contributed by atoms with Crippen molar-refractivity contribution in [3.8, 4) is 28.6 Å². The van der Waals surface area contributed by atoms with Crippen LogP contribution < -0.4 is 14.9 Å². The first-order valence-electron chi connectivity index (χ1n) is 9.70. The van der Waals surface area contributed by atoms with Gasteiger partial charge in [-0.2, -0.15) is 8.78 Å². The number of aromatic nitrogens is 1. The number of pyridine rings is 1. The third-order valence-electron chi connectivity index (χ3n) is 5.23. The highest BCUT2D eigenvalue weighted by Gasteiger charge is 2.27. The second-order valence-corrected chi connectivity index (χ2v) is 7.22. The fourth-order valence-electron chi connectivity index (χ4n) is 3.78. The summed E-state index contributed by atoms with van der Waals surface area (Å²) in [4.78, 5) is 12.7. The van der Waals surface area contributed by atoms with Crippen LogP contribution in [0.15, 0.2) is 35.0 Å². The van der Waals surface area contributed by atoms with E-state index >= 15 is 0 Å². The van der Waals surface area contributed by atoms with E-state index in [9.17, 15) is 18.7 Å². The van der Waals surface area contributed by atoms with Crippen molar-refractivity contribution in [2.75, 3.05) is 26.4 Å². The SMILES string of the molecule is Cc1c2n(c(OC[C@@H]3COCCO3)c(O)c1=O)CCc1cc(OC(O)=C(F)F)ccc1-2. The first-order valence-corrected chi connectivity index (χ1v) is 9.70.